The van der Waals surface area contributed by atoms with Crippen LogP contribution in [0, 0.1) is 0 Å². The van der Waals surface area contributed by atoms with E-state index in [9.17, 15) is 9.59 Å². The Morgan fingerprint density at radius 1 is 1.19 bits per heavy atom. The van der Waals surface area contributed by atoms with Crippen molar-refractivity contribution in [1.29, 1.82) is 0 Å². The molecule has 0 N–H and O–H groups in total. The molecular formula is C15H18BNO4. The van der Waals surface area contributed by atoms with E-state index < -0.39 is 17.7 Å². The summed E-state index contributed by atoms with van der Waals surface area (Å²) in [7, 11) is 3.15. The fourth-order valence-corrected chi connectivity index (χ4v) is 2.13. The van der Waals surface area contributed by atoms with Crippen molar-refractivity contribution < 1.29 is 19.1 Å². The van der Waals surface area contributed by atoms with Crippen LogP contribution in [0.3, 0.4) is 0 Å². The number of rotatable bonds is 1. The second-order valence-corrected chi connectivity index (χ2v) is 5.87. The Balaban J connectivity index is 2.54. The van der Waals surface area contributed by atoms with Crippen LogP contribution in [0.15, 0.2) is 24.3 Å². The summed E-state index contributed by atoms with van der Waals surface area (Å²) in [5.74, 6) is -0.438. The summed E-state index contributed by atoms with van der Waals surface area (Å²) in [6, 6.07) is 6.97. The predicted molar refractivity (Wildman–Crippen MR) is 83.1 cm³/mol. The zero-order chi connectivity index (χ0) is 15.8. The number of ether oxygens (including phenoxy) is 2. The highest BCUT2D eigenvalue weighted by Gasteiger charge is 2.21. The third kappa shape index (κ3) is 3.10. The fourth-order valence-electron chi connectivity index (χ4n) is 2.13. The molecule has 0 aliphatic rings. The maximum Gasteiger partial charge on any atom is 0.418 e. The Bertz CT molecular complexity index is 712. The quantitative estimate of drug-likeness (QED) is 0.588. The smallest absolute Gasteiger partial charge is 0.418 e. The third-order valence-electron chi connectivity index (χ3n) is 2.99. The summed E-state index contributed by atoms with van der Waals surface area (Å²) < 4.78 is 11.6. The van der Waals surface area contributed by atoms with Crippen LogP contribution in [0.2, 0.25) is 0 Å². The van der Waals surface area contributed by atoms with Gasteiger partial charge in [0.15, 0.2) is 7.85 Å². The highest BCUT2D eigenvalue weighted by atomic mass is 16.6. The summed E-state index contributed by atoms with van der Waals surface area (Å²) in [5.41, 5.74) is 1.19. The van der Waals surface area contributed by atoms with Gasteiger partial charge >= 0.3 is 12.1 Å². The van der Waals surface area contributed by atoms with Gasteiger partial charge in [0.05, 0.1) is 18.2 Å². The van der Waals surface area contributed by atoms with E-state index in [1.165, 1.54) is 11.7 Å². The zero-order valence-corrected chi connectivity index (χ0v) is 12.9. The van der Waals surface area contributed by atoms with Gasteiger partial charge in [-0.25, -0.2) is 9.59 Å². The second kappa shape index (κ2) is 5.28. The standard InChI is InChI=1S/C15H18BNO4/c1-15(2,3)21-14(19)17-11-7-10(13(18)20-4)6-5-9(11)8-12(17)16/h5-8H,16H2,1-4H3. The van der Waals surface area contributed by atoms with Crippen molar-refractivity contribution in [3.05, 3.63) is 29.8 Å². The first-order valence-electron chi connectivity index (χ1n) is 6.67. The molecule has 5 nitrogen and oxygen atoms in total. The zero-order valence-electron chi connectivity index (χ0n) is 12.9. The molecule has 1 aromatic carbocycles. The molecule has 2 aromatic rings. The minimum absolute atomic E-state index is 0.396. The molecule has 0 aliphatic carbocycles. The van der Waals surface area contributed by atoms with Gasteiger partial charge in [-0.2, -0.15) is 0 Å². The van der Waals surface area contributed by atoms with Crippen LogP contribution < -0.4 is 5.59 Å². The number of hydrogen-bond acceptors (Lipinski definition) is 4. The van der Waals surface area contributed by atoms with Crippen LogP contribution in [0.25, 0.3) is 10.9 Å². The van der Waals surface area contributed by atoms with Gasteiger partial charge in [0.1, 0.15) is 5.60 Å². The van der Waals surface area contributed by atoms with E-state index in [0.717, 1.165) is 11.0 Å². The molecule has 0 amide bonds. The van der Waals surface area contributed by atoms with Crippen LogP contribution in [0.4, 0.5) is 4.79 Å². The van der Waals surface area contributed by atoms with E-state index in [2.05, 4.69) is 0 Å². The highest BCUT2D eigenvalue weighted by molar-refractivity contribution is 6.34. The summed E-state index contributed by atoms with van der Waals surface area (Å²) >= 11 is 0. The van der Waals surface area contributed by atoms with E-state index in [-0.39, 0.29) is 0 Å². The van der Waals surface area contributed by atoms with Crippen molar-refractivity contribution in [2.45, 2.75) is 26.4 Å². The topological polar surface area (TPSA) is 57.5 Å². The SMILES string of the molecule is Bc1cc2ccc(C(=O)OC)cc2n1C(=O)OC(C)(C)C. The molecule has 0 saturated heterocycles. The molecule has 1 heterocycles. The number of methoxy groups -OCH3 is 1. The van der Waals surface area contributed by atoms with Crippen molar-refractivity contribution in [3.63, 3.8) is 0 Å². The summed E-state index contributed by atoms with van der Waals surface area (Å²) in [6.07, 6.45) is -0.461. The molecule has 1 aromatic heterocycles. The maximum absolute atomic E-state index is 12.3. The number of nitrogens with zero attached hydrogens (tertiary/aromatic N) is 1. The first kappa shape index (κ1) is 15.2. The predicted octanol–water partition coefficient (Wildman–Crippen LogP) is 1.47. The molecule has 0 unspecified atom stereocenters. The molecule has 2 rings (SSSR count). The number of aromatic nitrogens is 1. The molecule has 0 fully saturated rings. The van der Waals surface area contributed by atoms with Gasteiger partial charge in [-0.1, -0.05) is 6.07 Å². The number of hydrogen-bond donors (Lipinski definition) is 0. The Kier molecular flexibility index (Phi) is 3.81. The van der Waals surface area contributed by atoms with E-state index in [0.29, 0.717) is 11.1 Å². The van der Waals surface area contributed by atoms with Crippen LogP contribution in [-0.2, 0) is 9.47 Å². The summed E-state index contributed by atoms with van der Waals surface area (Å²) in [4.78, 5) is 24.0. The second-order valence-electron chi connectivity index (χ2n) is 5.87. The highest BCUT2D eigenvalue weighted by Crippen LogP contribution is 2.19. The number of benzene rings is 1. The molecule has 6 heteroatoms. The average molecular weight is 287 g/mol. The number of carbonyl (C=O) groups is 2. The van der Waals surface area contributed by atoms with E-state index in [1.807, 2.05) is 34.7 Å². The number of carbonyl (C=O) groups excluding carboxylic acids is 2. The van der Waals surface area contributed by atoms with Crippen molar-refractivity contribution in [3.8, 4) is 0 Å². The number of fused-ring (bicyclic) bond motifs is 1. The summed E-state index contributed by atoms with van der Waals surface area (Å²) in [6.45, 7) is 5.43. The summed E-state index contributed by atoms with van der Waals surface area (Å²) in [5, 5.41) is 0.867. The van der Waals surface area contributed by atoms with Gasteiger partial charge in [0.25, 0.3) is 0 Å². The van der Waals surface area contributed by atoms with Crippen molar-refractivity contribution in [2.24, 2.45) is 0 Å². The van der Waals surface area contributed by atoms with Gasteiger partial charge in [-0.15, -0.1) is 0 Å². The van der Waals surface area contributed by atoms with Gasteiger partial charge in [-0.3, -0.25) is 4.57 Å². The maximum atomic E-state index is 12.3. The third-order valence-corrected chi connectivity index (χ3v) is 2.99. The average Bonchev–Trinajstić information content (AvgIpc) is 2.70. The van der Waals surface area contributed by atoms with Crippen molar-refractivity contribution in [1.82, 2.24) is 4.57 Å². The Hall–Kier alpha value is -2.24. The van der Waals surface area contributed by atoms with Crippen molar-refractivity contribution in [2.75, 3.05) is 7.11 Å². The minimum atomic E-state index is -0.583. The van der Waals surface area contributed by atoms with Gasteiger partial charge in [0, 0.05) is 0 Å². The van der Waals surface area contributed by atoms with E-state index >= 15 is 0 Å². The lowest BCUT2D eigenvalue weighted by Crippen LogP contribution is -2.32. The van der Waals surface area contributed by atoms with Crippen LogP contribution in [0.5, 0.6) is 0 Å². The van der Waals surface area contributed by atoms with Gasteiger partial charge in [0.2, 0.25) is 0 Å². The molecule has 0 spiro atoms. The molecule has 0 aliphatic heterocycles. The Labute approximate surface area is 124 Å². The van der Waals surface area contributed by atoms with Crippen LogP contribution in [0.1, 0.15) is 31.1 Å². The largest absolute Gasteiger partial charge is 0.465 e. The monoisotopic (exact) mass is 287 g/mol. The van der Waals surface area contributed by atoms with E-state index in [1.54, 1.807) is 18.2 Å². The normalized spacial score (nSPS) is 11.4. The fraction of sp³-hybridized carbons (Fsp3) is 0.333. The first-order valence-corrected chi connectivity index (χ1v) is 6.67. The lowest BCUT2D eigenvalue weighted by molar-refractivity contribution is 0.0546. The minimum Gasteiger partial charge on any atom is -0.465 e. The van der Waals surface area contributed by atoms with Gasteiger partial charge in [-0.05, 0) is 49.9 Å². The molecular weight excluding hydrogens is 269 g/mol. The molecule has 21 heavy (non-hydrogen) atoms. The van der Waals surface area contributed by atoms with Crippen LogP contribution in [-0.4, -0.2) is 37.2 Å². The molecule has 0 bridgehead atoms. The molecule has 0 saturated carbocycles. The van der Waals surface area contributed by atoms with Gasteiger partial charge < -0.3 is 9.47 Å². The Morgan fingerprint density at radius 2 is 1.86 bits per heavy atom. The van der Waals surface area contributed by atoms with E-state index in [4.69, 9.17) is 9.47 Å². The molecule has 110 valence electrons. The lowest BCUT2D eigenvalue weighted by Gasteiger charge is -2.20. The Morgan fingerprint density at radius 3 is 2.43 bits per heavy atom. The van der Waals surface area contributed by atoms with Crippen LogP contribution >= 0.6 is 0 Å². The van der Waals surface area contributed by atoms with Crippen molar-refractivity contribution >= 4 is 36.4 Å². The lowest BCUT2D eigenvalue weighted by atomic mass is 10.1. The number of esters is 1. The molecule has 0 radical (unpaired) electrons. The molecule has 0 atom stereocenters. The first-order chi connectivity index (χ1) is 9.73.